The molecule has 0 aromatic rings. The molecular weight excluding hydrogens is 114 g/mol. The predicted molar refractivity (Wildman–Crippen MR) is 36.3 cm³/mol. The van der Waals surface area contributed by atoms with Gasteiger partial charge < -0.3 is 0 Å². The molecule has 0 aromatic carbocycles. The number of hydrogen-bond acceptors (Lipinski definition) is 3. The van der Waals surface area contributed by atoms with E-state index < -0.39 is 0 Å². The Hall–Kier alpha value is -0.730. The summed E-state index contributed by atoms with van der Waals surface area (Å²) in [6.45, 7) is 7.47. The summed E-state index contributed by atoms with van der Waals surface area (Å²) in [6, 6.07) is 0. The maximum absolute atomic E-state index is 4.16. The summed E-state index contributed by atoms with van der Waals surface area (Å²) in [5.74, 6) is 0.751. The van der Waals surface area contributed by atoms with E-state index in [0.29, 0.717) is 6.42 Å². The van der Waals surface area contributed by atoms with E-state index in [0.717, 1.165) is 5.84 Å². The van der Waals surface area contributed by atoms with Crippen molar-refractivity contribution in [3.05, 3.63) is 6.92 Å². The lowest BCUT2D eigenvalue weighted by atomic mass is 10.2. The molecule has 0 N–H and O–H groups in total. The molecule has 9 heavy (non-hydrogen) atoms. The number of amidine groups is 1. The van der Waals surface area contributed by atoms with Crippen LogP contribution in [-0.4, -0.2) is 11.5 Å². The van der Waals surface area contributed by atoms with Gasteiger partial charge in [-0.05, 0) is 27.2 Å². The summed E-state index contributed by atoms with van der Waals surface area (Å²) in [7, 11) is 0. The SMILES string of the molecule is [CH2]CC1(C)N=NC(C)=N1. The van der Waals surface area contributed by atoms with E-state index in [1.54, 1.807) is 0 Å². The van der Waals surface area contributed by atoms with Gasteiger partial charge in [0, 0.05) is 0 Å². The molecule has 49 valence electrons. The van der Waals surface area contributed by atoms with Crippen molar-refractivity contribution in [3.8, 4) is 0 Å². The van der Waals surface area contributed by atoms with E-state index in [9.17, 15) is 0 Å². The summed E-state index contributed by atoms with van der Waals surface area (Å²) in [5.41, 5.74) is -0.357. The van der Waals surface area contributed by atoms with E-state index in [2.05, 4.69) is 22.1 Å². The average molecular weight is 124 g/mol. The van der Waals surface area contributed by atoms with E-state index in [1.807, 2.05) is 13.8 Å². The maximum Gasteiger partial charge on any atom is 0.170 e. The first-order valence-corrected chi connectivity index (χ1v) is 2.95. The van der Waals surface area contributed by atoms with Crippen LogP contribution >= 0.6 is 0 Å². The highest BCUT2D eigenvalue weighted by atomic mass is 15.3. The first kappa shape index (κ1) is 6.39. The summed E-state index contributed by atoms with van der Waals surface area (Å²) in [6.07, 6.45) is 0.674. The molecule has 1 heterocycles. The molecule has 1 radical (unpaired) electrons. The van der Waals surface area contributed by atoms with Crippen LogP contribution < -0.4 is 0 Å². The largest absolute Gasteiger partial charge is 0.237 e. The minimum atomic E-state index is -0.357. The summed E-state index contributed by atoms with van der Waals surface area (Å²) in [5, 5.41) is 7.72. The summed E-state index contributed by atoms with van der Waals surface area (Å²) >= 11 is 0. The van der Waals surface area contributed by atoms with Gasteiger partial charge in [-0.1, -0.05) is 0 Å². The smallest absolute Gasteiger partial charge is 0.170 e. The van der Waals surface area contributed by atoms with Crippen LogP contribution in [0.5, 0.6) is 0 Å². The van der Waals surface area contributed by atoms with Crippen LogP contribution in [0.3, 0.4) is 0 Å². The topological polar surface area (TPSA) is 37.1 Å². The molecule has 3 heteroatoms. The summed E-state index contributed by atoms with van der Waals surface area (Å²) < 4.78 is 0. The van der Waals surface area contributed by atoms with Gasteiger partial charge in [0.05, 0.1) is 0 Å². The third kappa shape index (κ3) is 1.15. The Kier molecular flexibility index (Phi) is 1.35. The zero-order valence-electron chi connectivity index (χ0n) is 5.76. The van der Waals surface area contributed by atoms with Gasteiger partial charge in [-0.2, -0.15) is 5.11 Å². The first-order chi connectivity index (χ1) is 4.16. The fourth-order valence-electron chi connectivity index (χ4n) is 0.679. The fraction of sp³-hybridized carbons (Fsp3) is 0.667. The van der Waals surface area contributed by atoms with E-state index in [4.69, 9.17) is 0 Å². The van der Waals surface area contributed by atoms with Crippen molar-refractivity contribution in [1.29, 1.82) is 0 Å². The van der Waals surface area contributed by atoms with Crippen molar-refractivity contribution in [3.63, 3.8) is 0 Å². The number of nitrogens with zero attached hydrogens (tertiary/aromatic N) is 3. The Labute approximate surface area is 54.9 Å². The predicted octanol–water partition coefficient (Wildman–Crippen LogP) is 1.81. The van der Waals surface area contributed by atoms with Gasteiger partial charge in [0.1, 0.15) is 5.84 Å². The molecule has 1 unspecified atom stereocenters. The molecule has 0 saturated heterocycles. The number of aliphatic imine (C=N–C) groups is 1. The van der Waals surface area contributed by atoms with E-state index >= 15 is 0 Å². The fourth-order valence-corrected chi connectivity index (χ4v) is 0.679. The van der Waals surface area contributed by atoms with Crippen LogP contribution in [0.2, 0.25) is 0 Å². The molecule has 0 fully saturated rings. The minimum Gasteiger partial charge on any atom is -0.237 e. The highest BCUT2D eigenvalue weighted by molar-refractivity contribution is 5.81. The molecule has 0 bridgehead atoms. The van der Waals surface area contributed by atoms with Crippen molar-refractivity contribution in [2.24, 2.45) is 15.2 Å². The van der Waals surface area contributed by atoms with Crippen molar-refractivity contribution in [2.75, 3.05) is 0 Å². The van der Waals surface area contributed by atoms with Crippen molar-refractivity contribution < 1.29 is 0 Å². The molecule has 0 saturated carbocycles. The normalized spacial score (nSPS) is 33.0. The third-order valence-corrected chi connectivity index (χ3v) is 1.29. The molecule has 1 atom stereocenters. The molecule has 0 spiro atoms. The Bertz CT molecular complexity index is 171. The van der Waals surface area contributed by atoms with E-state index in [1.165, 1.54) is 0 Å². The van der Waals surface area contributed by atoms with Gasteiger partial charge in [-0.15, -0.1) is 5.11 Å². The lowest BCUT2D eigenvalue weighted by Gasteiger charge is -2.10. The van der Waals surface area contributed by atoms with Crippen LogP contribution in [-0.2, 0) is 0 Å². The lowest BCUT2D eigenvalue weighted by molar-refractivity contribution is 0.500. The number of azo groups is 1. The van der Waals surface area contributed by atoms with Gasteiger partial charge in [0.15, 0.2) is 5.66 Å². The molecule has 1 aliphatic rings. The molecule has 1 rings (SSSR count). The molecule has 0 aliphatic carbocycles. The number of hydrogen-bond donors (Lipinski definition) is 0. The first-order valence-electron chi connectivity index (χ1n) is 2.95. The molecule has 1 aliphatic heterocycles. The highest BCUT2D eigenvalue weighted by Gasteiger charge is 2.23. The van der Waals surface area contributed by atoms with Crippen molar-refractivity contribution in [1.82, 2.24) is 0 Å². The third-order valence-electron chi connectivity index (χ3n) is 1.29. The van der Waals surface area contributed by atoms with Crippen LogP contribution in [0.4, 0.5) is 0 Å². The van der Waals surface area contributed by atoms with Crippen molar-refractivity contribution in [2.45, 2.75) is 25.9 Å². The Morgan fingerprint density at radius 2 is 2.33 bits per heavy atom. The Balaban J connectivity index is 2.78. The quantitative estimate of drug-likeness (QED) is 0.511. The summed E-state index contributed by atoms with van der Waals surface area (Å²) in [4.78, 5) is 4.16. The van der Waals surface area contributed by atoms with Gasteiger partial charge in [-0.25, -0.2) is 4.99 Å². The molecule has 3 nitrogen and oxygen atoms in total. The van der Waals surface area contributed by atoms with Gasteiger partial charge in [0.2, 0.25) is 0 Å². The van der Waals surface area contributed by atoms with Crippen LogP contribution in [0.15, 0.2) is 15.2 Å². The maximum atomic E-state index is 4.16. The Morgan fingerprint density at radius 1 is 1.67 bits per heavy atom. The second kappa shape index (κ2) is 1.90. The zero-order valence-corrected chi connectivity index (χ0v) is 5.76. The molecule has 0 aromatic heterocycles. The second-order valence-corrected chi connectivity index (χ2v) is 2.33. The van der Waals surface area contributed by atoms with Gasteiger partial charge in [0.25, 0.3) is 0 Å². The van der Waals surface area contributed by atoms with Crippen molar-refractivity contribution >= 4 is 5.84 Å². The molecular formula is C6H10N3. The highest BCUT2D eigenvalue weighted by Crippen LogP contribution is 2.21. The minimum absolute atomic E-state index is 0.357. The second-order valence-electron chi connectivity index (χ2n) is 2.33. The zero-order chi connectivity index (χ0) is 6.91. The van der Waals surface area contributed by atoms with Crippen LogP contribution in [0.25, 0.3) is 0 Å². The van der Waals surface area contributed by atoms with E-state index in [-0.39, 0.29) is 5.66 Å². The molecule has 0 amide bonds. The van der Waals surface area contributed by atoms with Gasteiger partial charge in [-0.3, -0.25) is 0 Å². The van der Waals surface area contributed by atoms with Crippen LogP contribution in [0.1, 0.15) is 20.3 Å². The standard InChI is InChI=1S/C6H10N3/c1-4-6(3)7-5(2)8-9-6/h1,4H2,2-3H3. The number of rotatable bonds is 1. The Morgan fingerprint density at radius 3 is 2.56 bits per heavy atom. The van der Waals surface area contributed by atoms with Crippen LogP contribution in [0, 0.1) is 6.92 Å². The average Bonchev–Trinajstić information content (AvgIpc) is 2.13. The van der Waals surface area contributed by atoms with Gasteiger partial charge >= 0.3 is 0 Å². The lowest BCUT2D eigenvalue weighted by Crippen LogP contribution is -2.13. The monoisotopic (exact) mass is 124 g/mol.